The summed E-state index contributed by atoms with van der Waals surface area (Å²) in [4.78, 5) is 16.8. The van der Waals surface area contributed by atoms with Gasteiger partial charge in [0.1, 0.15) is 18.1 Å². The van der Waals surface area contributed by atoms with Gasteiger partial charge in [-0.15, -0.1) is 0 Å². The maximum atomic E-state index is 12.6. The molecule has 0 saturated heterocycles. The second-order valence-electron chi connectivity index (χ2n) is 7.27. The van der Waals surface area contributed by atoms with Gasteiger partial charge in [-0.1, -0.05) is 23.4 Å². The van der Waals surface area contributed by atoms with Crippen LogP contribution in [0.25, 0.3) is 10.8 Å². The summed E-state index contributed by atoms with van der Waals surface area (Å²) in [5.74, 6) is 1.58. The zero-order valence-corrected chi connectivity index (χ0v) is 17.6. The molecule has 31 heavy (non-hydrogen) atoms. The largest absolute Gasteiger partial charge is 0.497 e. The minimum Gasteiger partial charge on any atom is -0.497 e. The van der Waals surface area contributed by atoms with Crippen molar-refractivity contribution < 1.29 is 18.8 Å². The molecule has 0 spiro atoms. The van der Waals surface area contributed by atoms with E-state index >= 15 is 0 Å². The fourth-order valence-corrected chi connectivity index (χ4v) is 3.17. The Hall–Kier alpha value is -3.87. The number of hydrogen-bond acceptors (Lipinski definition) is 6. The van der Waals surface area contributed by atoms with E-state index in [0.717, 1.165) is 27.8 Å². The lowest BCUT2D eigenvalue weighted by Gasteiger charge is -2.14. The number of nitrogens with zero attached hydrogens (tertiary/aromatic N) is 2. The summed E-state index contributed by atoms with van der Waals surface area (Å²) >= 11 is 0. The maximum Gasteiger partial charge on any atom is 0.273 e. The number of fused-ring (bicyclic) bond motifs is 1. The molecule has 1 amide bonds. The standard InChI is InChI=1S/C24H23N3O4/c1-15-4-8-21(13-25-15)30-14-22-12-23(27-31-22)24(28)26-16(2)17-5-6-19-11-20(29-3)9-7-18(19)10-17/h4-13,16H,14H2,1-3H3,(H,26,28)/t16-/m1/s1. The monoisotopic (exact) mass is 417 g/mol. The SMILES string of the molecule is COc1ccc2cc([C@@H](C)NC(=O)c3cc(COc4ccc(C)nc4)on3)ccc2c1. The van der Waals surface area contributed by atoms with Crippen LogP contribution in [0, 0.1) is 6.92 Å². The van der Waals surface area contributed by atoms with Crippen LogP contribution in [-0.2, 0) is 6.61 Å². The zero-order chi connectivity index (χ0) is 21.8. The number of hydrogen-bond donors (Lipinski definition) is 1. The number of pyridine rings is 1. The number of nitrogens with one attached hydrogen (secondary N) is 1. The van der Waals surface area contributed by atoms with Gasteiger partial charge in [0.25, 0.3) is 5.91 Å². The molecule has 1 atom stereocenters. The lowest BCUT2D eigenvalue weighted by atomic mass is 10.0. The van der Waals surface area contributed by atoms with Crippen LogP contribution >= 0.6 is 0 Å². The number of benzene rings is 2. The Morgan fingerprint density at radius 2 is 1.84 bits per heavy atom. The molecule has 0 saturated carbocycles. The molecule has 2 aromatic heterocycles. The molecular formula is C24H23N3O4. The Bertz CT molecular complexity index is 1200. The van der Waals surface area contributed by atoms with Crippen LogP contribution in [0.5, 0.6) is 11.5 Å². The van der Waals surface area contributed by atoms with Crippen LogP contribution in [0.15, 0.2) is 65.3 Å². The van der Waals surface area contributed by atoms with Crippen LogP contribution in [-0.4, -0.2) is 23.2 Å². The Balaban J connectivity index is 1.38. The molecule has 7 heteroatoms. The Labute approximate surface area is 180 Å². The zero-order valence-electron chi connectivity index (χ0n) is 17.6. The number of carbonyl (C=O) groups excluding carboxylic acids is 1. The quantitative estimate of drug-likeness (QED) is 0.473. The molecule has 1 N–H and O–H groups in total. The molecule has 0 unspecified atom stereocenters. The average molecular weight is 417 g/mol. The smallest absolute Gasteiger partial charge is 0.273 e. The van der Waals surface area contributed by atoms with Crippen LogP contribution in [0.1, 0.15) is 40.5 Å². The number of rotatable bonds is 7. The summed E-state index contributed by atoms with van der Waals surface area (Å²) in [7, 11) is 1.65. The number of carbonyl (C=O) groups is 1. The molecule has 0 fully saturated rings. The van der Waals surface area contributed by atoms with E-state index in [-0.39, 0.29) is 24.2 Å². The predicted octanol–water partition coefficient (Wildman–Crippen LogP) is 4.61. The van der Waals surface area contributed by atoms with Crippen LogP contribution in [0.3, 0.4) is 0 Å². The minimum absolute atomic E-state index is 0.161. The second-order valence-corrected chi connectivity index (χ2v) is 7.27. The van der Waals surface area contributed by atoms with E-state index in [9.17, 15) is 4.79 Å². The first kappa shape index (κ1) is 20.4. The van der Waals surface area contributed by atoms with E-state index in [1.807, 2.05) is 56.3 Å². The molecule has 2 aromatic carbocycles. The van der Waals surface area contributed by atoms with Gasteiger partial charge in [0.2, 0.25) is 0 Å². The third-order valence-corrected chi connectivity index (χ3v) is 4.98. The molecule has 0 aliphatic carbocycles. The summed E-state index contributed by atoms with van der Waals surface area (Å²) < 4.78 is 16.1. The molecule has 7 nitrogen and oxygen atoms in total. The van der Waals surface area contributed by atoms with Crippen LogP contribution in [0.2, 0.25) is 0 Å². The van der Waals surface area contributed by atoms with Gasteiger partial charge in [0.15, 0.2) is 11.5 Å². The molecule has 0 bridgehead atoms. The van der Waals surface area contributed by atoms with Crippen molar-refractivity contribution in [1.29, 1.82) is 0 Å². The molecule has 0 aliphatic rings. The molecule has 4 aromatic rings. The second kappa shape index (κ2) is 8.87. The van der Waals surface area contributed by atoms with Gasteiger partial charge in [-0.25, -0.2) is 0 Å². The van der Waals surface area contributed by atoms with Crippen molar-refractivity contribution in [2.24, 2.45) is 0 Å². The van der Waals surface area contributed by atoms with Crippen molar-refractivity contribution in [3.05, 3.63) is 83.5 Å². The summed E-state index contributed by atoms with van der Waals surface area (Å²) in [6.45, 7) is 3.99. The molecule has 158 valence electrons. The highest BCUT2D eigenvalue weighted by atomic mass is 16.5. The minimum atomic E-state index is -0.311. The van der Waals surface area contributed by atoms with E-state index in [4.69, 9.17) is 14.0 Å². The van der Waals surface area contributed by atoms with E-state index in [2.05, 4.69) is 21.5 Å². The van der Waals surface area contributed by atoms with Gasteiger partial charge in [-0.3, -0.25) is 9.78 Å². The van der Waals surface area contributed by atoms with Crippen molar-refractivity contribution in [2.45, 2.75) is 26.5 Å². The number of methoxy groups -OCH3 is 1. The van der Waals surface area contributed by atoms with Gasteiger partial charge >= 0.3 is 0 Å². The average Bonchev–Trinajstić information content (AvgIpc) is 3.27. The van der Waals surface area contributed by atoms with Crippen molar-refractivity contribution in [1.82, 2.24) is 15.5 Å². The Kier molecular flexibility index (Phi) is 5.84. The van der Waals surface area contributed by atoms with Crippen LogP contribution in [0.4, 0.5) is 0 Å². The van der Waals surface area contributed by atoms with Crippen LogP contribution < -0.4 is 14.8 Å². The van der Waals surface area contributed by atoms with Gasteiger partial charge in [-0.05, 0) is 60.5 Å². The summed E-state index contributed by atoms with van der Waals surface area (Å²) in [6, 6.07) is 17.0. The highest BCUT2D eigenvalue weighted by Crippen LogP contribution is 2.24. The highest BCUT2D eigenvalue weighted by Gasteiger charge is 2.16. The fourth-order valence-electron chi connectivity index (χ4n) is 3.17. The summed E-state index contributed by atoms with van der Waals surface area (Å²) in [6.07, 6.45) is 1.64. The van der Waals surface area contributed by atoms with E-state index < -0.39 is 0 Å². The molecule has 4 rings (SSSR count). The van der Waals surface area contributed by atoms with E-state index in [1.165, 1.54) is 0 Å². The van der Waals surface area contributed by atoms with Gasteiger partial charge < -0.3 is 19.3 Å². The van der Waals surface area contributed by atoms with E-state index in [0.29, 0.717) is 11.5 Å². The summed E-state index contributed by atoms with van der Waals surface area (Å²) in [5.41, 5.74) is 2.11. The van der Waals surface area contributed by atoms with Gasteiger partial charge in [0, 0.05) is 11.8 Å². The lowest BCUT2D eigenvalue weighted by molar-refractivity contribution is 0.0930. The summed E-state index contributed by atoms with van der Waals surface area (Å²) in [5, 5.41) is 8.97. The van der Waals surface area contributed by atoms with Gasteiger partial charge in [0.05, 0.1) is 19.3 Å². The normalized spacial score (nSPS) is 11.8. The number of amides is 1. The van der Waals surface area contributed by atoms with Gasteiger partial charge in [-0.2, -0.15) is 0 Å². The fraction of sp³-hybridized carbons (Fsp3) is 0.208. The van der Waals surface area contributed by atoms with E-state index in [1.54, 1.807) is 19.4 Å². The van der Waals surface area contributed by atoms with Crippen molar-refractivity contribution in [2.75, 3.05) is 7.11 Å². The third-order valence-electron chi connectivity index (χ3n) is 4.98. The lowest BCUT2D eigenvalue weighted by Crippen LogP contribution is -2.26. The van der Waals surface area contributed by atoms with Crippen molar-refractivity contribution >= 4 is 16.7 Å². The number of aryl methyl sites for hydroxylation is 1. The first-order valence-corrected chi connectivity index (χ1v) is 9.91. The molecule has 2 heterocycles. The number of ether oxygens (including phenoxy) is 2. The number of aromatic nitrogens is 2. The van der Waals surface area contributed by atoms with Crippen molar-refractivity contribution in [3.63, 3.8) is 0 Å². The first-order chi connectivity index (χ1) is 15.0. The first-order valence-electron chi connectivity index (χ1n) is 9.91. The Morgan fingerprint density at radius 1 is 1.06 bits per heavy atom. The molecular weight excluding hydrogens is 394 g/mol. The highest BCUT2D eigenvalue weighted by molar-refractivity contribution is 5.92. The Morgan fingerprint density at radius 3 is 2.61 bits per heavy atom. The topological polar surface area (TPSA) is 86.5 Å². The third kappa shape index (κ3) is 4.83. The molecule has 0 radical (unpaired) electrons. The predicted molar refractivity (Wildman–Crippen MR) is 116 cm³/mol. The molecule has 0 aliphatic heterocycles. The van der Waals surface area contributed by atoms with Crippen molar-refractivity contribution in [3.8, 4) is 11.5 Å². The maximum absolute atomic E-state index is 12.6.